The van der Waals surface area contributed by atoms with Crippen LogP contribution in [0.5, 0.6) is 0 Å². The highest BCUT2D eigenvalue weighted by molar-refractivity contribution is 7.17. The van der Waals surface area contributed by atoms with E-state index in [1.165, 1.54) is 5.56 Å². The van der Waals surface area contributed by atoms with Crippen molar-refractivity contribution in [3.63, 3.8) is 0 Å². The Labute approximate surface area is 86.4 Å². The summed E-state index contributed by atoms with van der Waals surface area (Å²) in [6, 6.07) is 5.92. The van der Waals surface area contributed by atoms with Crippen molar-refractivity contribution in [2.75, 3.05) is 6.61 Å². The van der Waals surface area contributed by atoms with Gasteiger partial charge < -0.3 is 10.2 Å². The summed E-state index contributed by atoms with van der Waals surface area (Å²) in [5, 5.41) is 21.2. The molecule has 74 valence electrons. The van der Waals surface area contributed by atoms with Crippen molar-refractivity contribution < 1.29 is 10.2 Å². The number of thiophene rings is 1. The highest BCUT2D eigenvalue weighted by atomic mass is 32.1. The quantitative estimate of drug-likeness (QED) is 0.809. The van der Waals surface area contributed by atoms with Crippen LogP contribution in [0.1, 0.15) is 11.1 Å². The Bertz CT molecular complexity index is 434. The van der Waals surface area contributed by atoms with E-state index in [9.17, 15) is 0 Å². The maximum absolute atomic E-state index is 9.13. The third-order valence-corrected chi connectivity index (χ3v) is 3.43. The van der Waals surface area contributed by atoms with Crippen LogP contribution in [0.15, 0.2) is 23.6 Å². The van der Waals surface area contributed by atoms with Crippen LogP contribution in [0.4, 0.5) is 0 Å². The molecule has 0 aliphatic carbocycles. The molecular formula is C11H12O2S. The van der Waals surface area contributed by atoms with Gasteiger partial charge >= 0.3 is 0 Å². The Balaban J connectivity index is 2.57. The molecule has 0 aliphatic heterocycles. The molecule has 3 heteroatoms. The summed E-state index contributed by atoms with van der Waals surface area (Å²) in [6.45, 7) is 0.256. The van der Waals surface area contributed by atoms with E-state index in [0.29, 0.717) is 6.42 Å². The van der Waals surface area contributed by atoms with Crippen LogP contribution in [0.25, 0.3) is 10.1 Å². The number of hydrogen-bond donors (Lipinski definition) is 2. The number of aliphatic hydroxyl groups excluding tert-OH is 2. The molecule has 14 heavy (non-hydrogen) atoms. The first-order valence-corrected chi connectivity index (χ1v) is 5.44. The lowest BCUT2D eigenvalue weighted by Gasteiger charge is -1.99. The van der Waals surface area contributed by atoms with Gasteiger partial charge in [-0.3, -0.25) is 0 Å². The highest BCUT2D eigenvalue weighted by Gasteiger charge is 2.06. The minimum Gasteiger partial charge on any atom is -0.396 e. The molecule has 1 aromatic heterocycles. The minimum atomic E-state index is 0.0798. The fraction of sp³-hybridized carbons (Fsp3) is 0.273. The number of aliphatic hydroxyl groups is 2. The van der Waals surface area contributed by atoms with Gasteiger partial charge in [0, 0.05) is 11.3 Å². The monoisotopic (exact) mass is 208 g/mol. The SMILES string of the molecule is OCCc1csc2c(CO)cccc12. The Morgan fingerprint density at radius 1 is 1.14 bits per heavy atom. The third kappa shape index (κ3) is 1.54. The van der Waals surface area contributed by atoms with E-state index in [4.69, 9.17) is 10.2 Å². The van der Waals surface area contributed by atoms with E-state index < -0.39 is 0 Å². The van der Waals surface area contributed by atoms with Gasteiger partial charge in [-0.2, -0.15) is 0 Å². The molecule has 1 aromatic carbocycles. The molecule has 0 radical (unpaired) electrons. The molecule has 0 unspecified atom stereocenters. The van der Waals surface area contributed by atoms with Gasteiger partial charge in [0.2, 0.25) is 0 Å². The van der Waals surface area contributed by atoms with Crippen LogP contribution < -0.4 is 0 Å². The molecule has 0 saturated carbocycles. The Morgan fingerprint density at radius 2 is 2.00 bits per heavy atom. The normalized spacial score (nSPS) is 11.0. The molecule has 0 atom stereocenters. The molecule has 2 nitrogen and oxygen atoms in total. The maximum atomic E-state index is 9.13. The molecule has 0 aliphatic rings. The summed E-state index contributed by atoms with van der Waals surface area (Å²) in [5.74, 6) is 0. The van der Waals surface area contributed by atoms with Crippen molar-refractivity contribution in [3.8, 4) is 0 Å². The second-order valence-corrected chi connectivity index (χ2v) is 4.07. The van der Waals surface area contributed by atoms with Gasteiger partial charge in [-0.25, -0.2) is 0 Å². The first-order chi connectivity index (χ1) is 6.86. The van der Waals surface area contributed by atoms with E-state index in [0.717, 1.165) is 15.6 Å². The summed E-state index contributed by atoms with van der Waals surface area (Å²) in [4.78, 5) is 0. The zero-order valence-electron chi connectivity index (χ0n) is 7.73. The van der Waals surface area contributed by atoms with Crippen LogP contribution >= 0.6 is 11.3 Å². The standard InChI is InChI=1S/C11H12O2S/c12-5-4-9-7-14-11-8(6-13)2-1-3-10(9)11/h1-3,7,12-13H,4-6H2. The van der Waals surface area contributed by atoms with E-state index in [1.807, 2.05) is 18.2 Å². The lowest BCUT2D eigenvalue weighted by Crippen LogP contribution is -1.89. The molecule has 2 rings (SSSR count). The van der Waals surface area contributed by atoms with Gasteiger partial charge in [0.25, 0.3) is 0 Å². The van der Waals surface area contributed by atoms with Crippen molar-refractivity contribution in [2.24, 2.45) is 0 Å². The third-order valence-electron chi connectivity index (χ3n) is 2.31. The maximum Gasteiger partial charge on any atom is 0.0695 e. The average molecular weight is 208 g/mol. The fourth-order valence-corrected chi connectivity index (χ4v) is 2.72. The molecule has 0 amide bonds. The molecule has 0 spiro atoms. The van der Waals surface area contributed by atoms with Crippen molar-refractivity contribution >= 4 is 21.4 Å². The Kier molecular flexibility index (Phi) is 2.82. The zero-order valence-corrected chi connectivity index (χ0v) is 8.55. The second-order valence-electron chi connectivity index (χ2n) is 3.19. The van der Waals surface area contributed by atoms with E-state index in [1.54, 1.807) is 11.3 Å². The van der Waals surface area contributed by atoms with E-state index in [2.05, 4.69) is 5.38 Å². The van der Waals surface area contributed by atoms with Crippen LogP contribution in [0.2, 0.25) is 0 Å². The average Bonchev–Trinajstić information content (AvgIpc) is 2.62. The summed E-state index contributed by atoms with van der Waals surface area (Å²) in [6.07, 6.45) is 0.689. The van der Waals surface area contributed by atoms with Gasteiger partial charge in [0.15, 0.2) is 0 Å². The van der Waals surface area contributed by atoms with Gasteiger partial charge in [0.05, 0.1) is 6.61 Å². The molecule has 0 fully saturated rings. The van der Waals surface area contributed by atoms with Crippen LogP contribution in [-0.2, 0) is 13.0 Å². The van der Waals surface area contributed by atoms with Gasteiger partial charge in [-0.05, 0) is 28.3 Å². The second kappa shape index (κ2) is 4.09. The Hall–Kier alpha value is -0.900. The van der Waals surface area contributed by atoms with Gasteiger partial charge in [-0.1, -0.05) is 18.2 Å². The lowest BCUT2D eigenvalue weighted by molar-refractivity contribution is 0.283. The van der Waals surface area contributed by atoms with E-state index in [-0.39, 0.29) is 13.2 Å². The fourth-order valence-electron chi connectivity index (χ4n) is 1.61. The molecule has 2 aromatic rings. The van der Waals surface area contributed by atoms with Gasteiger partial charge in [0.1, 0.15) is 0 Å². The summed E-state index contributed by atoms with van der Waals surface area (Å²) < 4.78 is 1.14. The van der Waals surface area contributed by atoms with Crippen LogP contribution in [-0.4, -0.2) is 16.8 Å². The predicted molar refractivity (Wildman–Crippen MR) is 58.5 cm³/mol. The Morgan fingerprint density at radius 3 is 2.71 bits per heavy atom. The highest BCUT2D eigenvalue weighted by Crippen LogP contribution is 2.29. The first kappa shape index (κ1) is 9.65. The predicted octanol–water partition coefficient (Wildman–Crippen LogP) is 1.93. The number of benzene rings is 1. The lowest BCUT2D eigenvalue weighted by atomic mass is 10.1. The van der Waals surface area contributed by atoms with Crippen LogP contribution in [0, 0.1) is 0 Å². The molecular weight excluding hydrogens is 196 g/mol. The summed E-state index contributed by atoms with van der Waals surface area (Å²) in [5.41, 5.74) is 2.14. The number of hydrogen-bond acceptors (Lipinski definition) is 3. The van der Waals surface area contributed by atoms with E-state index >= 15 is 0 Å². The molecule has 0 bridgehead atoms. The smallest absolute Gasteiger partial charge is 0.0695 e. The summed E-state index contributed by atoms with van der Waals surface area (Å²) in [7, 11) is 0. The number of rotatable bonds is 3. The summed E-state index contributed by atoms with van der Waals surface area (Å²) >= 11 is 1.63. The largest absolute Gasteiger partial charge is 0.396 e. The van der Waals surface area contributed by atoms with Crippen molar-refractivity contribution in [1.82, 2.24) is 0 Å². The topological polar surface area (TPSA) is 40.5 Å². The molecule has 2 N–H and O–H groups in total. The minimum absolute atomic E-state index is 0.0798. The van der Waals surface area contributed by atoms with Crippen molar-refractivity contribution in [3.05, 3.63) is 34.7 Å². The van der Waals surface area contributed by atoms with Crippen molar-refractivity contribution in [1.29, 1.82) is 0 Å². The van der Waals surface area contributed by atoms with Crippen molar-refractivity contribution in [2.45, 2.75) is 13.0 Å². The molecule has 0 saturated heterocycles. The van der Waals surface area contributed by atoms with Crippen LogP contribution in [0.3, 0.4) is 0 Å². The zero-order chi connectivity index (χ0) is 9.97. The van der Waals surface area contributed by atoms with Gasteiger partial charge in [-0.15, -0.1) is 11.3 Å². The molecule has 1 heterocycles. The number of fused-ring (bicyclic) bond motifs is 1. The first-order valence-electron chi connectivity index (χ1n) is 4.56.